The lowest BCUT2D eigenvalue weighted by Crippen LogP contribution is -2.29. The van der Waals surface area contributed by atoms with Crippen LogP contribution in [0.1, 0.15) is 34.6 Å². The molecule has 0 radical (unpaired) electrons. The van der Waals surface area contributed by atoms with E-state index in [-0.39, 0.29) is 5.82 Å². The summed E-state index contributed by atoms with van der Waals surface area (Å²) in [5.74, 6) is -1.06. The number of anilines is 1. The highest BCUT2D eigenvalue weighted by atomic mass is 32.1. The minimum absolute atomic E-state index is 0.152. The number of aromatic carboxylic acids is 1. The molecule has 0 unspecified atom stereocenters. The van der Waals surface area contributed by atoms with Gasteiger partial charge >= 0.3 is 5.97 Å². The molecule has 2 aromatic carbocycles. The van der Waals surface area contributed by atoms with Gasteiger partial charge in [-0.25, -0.2) is 14.2 Å². The van der Waals surface area contributed by atoms with Gasteiger partial charge in [0, 0.05) is 24.3 Å². The van der Waals surface area contributed by atoms with Crippen LogP contribution >= 0.6 is 11.3 Å². The van der Waals surface area contributed by atoms with E-state index in [0.717, 1.165) is 29.3 Å². The second-order valence-electron chi connectivity index (χ2n) is 6.63. The van der Waals surface area contributed by atoms with Crippen molar-refractivity contribution in [1.82, 2.24) is 4.98 Å². The fourth-order valence-corrected chi connectivity index (χ4v) is 4.01. The molecule has 1 aliphatic rings. The molecule has 1 aliphatic heterocycles. The number of nitrogens with zero attached hydrogens (tertiary/aromatic N) is 2. The van der Waals surface area contributed by atoms with E-state index in [0.29, 0.717) is 10.6 Å². The van der Waals surface area contributed by atoms with E-state index in [1.807, 2.05) is 42.5 Å². The normalized spacial score (nSPS) is 13.6. The van der Waals surface area contributed by atoms with E-state index >= 15 is 0 Å². The molecule has 0 aliphatic carbocycles. The average Bonchev–Trinajstić information content (AvgIpc) is 3.12. The Labute approximate surface area is 168 Å². The summed E-state index contributed by atoms with van der Waals surface area (Å²) in [5, 5.41) is 9.65. The van der Waals surface area contributed by atoms with Crippen molar-refractivity contribution in [3.63, 3.8) is 0 Å². The minimum Gasteiger partial charge on any atom is -0.477 e. The summed E-state index contributed by atoms with van der Waals surface area (Å²) in [6.07, 6.45) is 3.85. The van der Waals surface area contributed by atoms with Crippen molar-refractivity contribution in [3.8, 4) is 10.6 Å². The zero-order valence-corrected chi connectivity index (χ0v) is 16.6. The quantitative estimate of drug-likeness (QED) is 0.621. The number of piperidine rings is 1. The van der Waals surface area contributed by atoms with Crippen LogP contribution in [-0.4, -0.2) is 29.1 Å². The molecular formula is C22H23FN2O2S. The van der Waals surface area contributed by atoms with Crippen molar-refractivity contribution in [3.05, 3.63) is 71.0 Å². The fourth-order valence-electron chi connectivity index (χ4n) is 3.10. The van der Waals surface area contributed by atoms with Gasteiger partial charge < -0.3 is 10.0 Å². The molecular weight excluding hydrogens is 375 g/mol. The Bertz CT molecular complexity index is 904. The fraction of sp³-hybridized carbons (Fsp3) is 0.273. The van der Waals surface area contributed by atoms with Gasteiger partial charge in [-0.15, -0.1) is 11.3 Å². The number of benzene rings is 2. The van der Waals surface area contributed by atoms with Crippen LogP contribution in [-0.2, 0) is 0 Å². The van der Waals surface area contributed by atoms with Gasteiger partial charge in [-0.2, -0.15) is 0 Å². The van der Waals surface area contributed by atoms with Gasteiger partial charge in [-0.3, -0.25) is 0 Å². The maximum absolute atomic E-state index is 12.6. The molecule has 0 atom stereocenters. The molecule has 0 amide bonds. The minimum atomic E-state index is -0.910. The monoisotopic (exact) mass is 398 g/mol. The molecule has 4 rings (SSSR count). The summed E-state index contributed by atoms with van der Waals surface area (Å²) in [7, 11) is 0. The van der Waals surface area contributed by atoms with Crippen LogP contribution in [0.2, 0.25) is 0 Å². The Kier molecular flexibility index (Phi) is 6.76. The van der Waals surface area contributed by atoms with Crippen molar-refractivity contribution in [2.45, 2.75) is 26.2 Å². The molecule has 0 spiro atoms. The van der Waals surface area contributed by atoms with Crippen molar-refractivity contribution in [2.24, 2.45) is 0 Å². The first kappa shape index (κ1) is 20.0. The van der Waals surface area contributed by atoms with E-state index < -0.39 is 5.97 Å². The Morgan fingerprint density at radius 2 is 1.68 bits per heavy atom. The first-order valence-electron chi connectivity index (χ1n) is 9.31. The summed E-state index contributed by atoms with van der Waals surface area (Å²) in [6, 6.07) is 16.4. The number of hydrogen-bond donors (Lipinski definition) is 1. The molecule has 0 bridgehead atoms. The van der Waals surface area contributed by atoms with Crippen LogP contribution in [0.25, 0.3) is 10.6 Å². The first-order chi connectivity index (χ1) is 13.5. The van der Waals surface area contributed by atoms with Gasteiger partial charge in [0.2, 0.25) is 0 Å². The Morgan fingerprint density at radius 3 is 2.25 bits per heavy atom. The number of carboxylic acids is 1. The van der Waals surface area contributed by atoms with E-state index in [4.69, 9.17) is 5.11 Å². The van der Waals surface area contributed by atoms with Crippen molar-refractivity contribution < 1.29 is 14.3 Å². The van der Waals surface area contributed by atoms with Gasteiger partial charge in [0.05, 0.1) is 5.69 Å². The van der Waals surface area contributed by atoms with Crippen LogP contribution in [0.4, 0.5) is 10.1 Å². The van der Waals surface area contributed by atoms with Gasteiger partial charge in [-0.1, -0.05) is 30.3 Å². The van der Waals surface area contributed by atoms with Gasteiger partial charge in [0.15, 0.2) is 0 Å². The highest BCUT2D eigenvalue weighted by Gasteiger charge is 2.14. The van der Waals surface area contributed by atoms with Crippen LogP contribution in [0.5, 0.6) is 0 Å². The molecule has 2 heterocycles. The third-order valence-electron chi connectivity index (χ3n) is 4.56. The largest absolute Gasteiger partial charge is 0.477 e. The Hall–Kier alpha value is -2.73. The number of thiazole rings is 1. The maximum Gasteiger partial charge on any atom is 0.347 e. The Morgan fingerprint density at radius 1 is 1.04 bits per heavy atom. The molecule has 1 saturated heterocycles. The van der Waals surface area contributed by atoms with Gasteiger partial charge in [0.25, 0.3) is 0 Å². The van der Waals surface area contributed by atoms with Crippen LogP contribution < -0.4 is 4.90 Å². The third-order valence-corrected chi connectivity index (χ3v) is 5.75. The number of hydrogen-bond acceptors (Lipinski definition) is 4. The SMILES string of the molecule is Cc1nc(-c2ccccc2)sc1C(=O)O.Fc1ccc(N2CCCCC2)cc1. The predicted molar refractivity (Wildman–Crippen MR) is 112 cm³/mol. The molecule has 146 valence electrons. The van der Waals surface area contributed by atoms with Crippen LogP contribution in [0.15, 0.2) is 54.6 Å². The smallest absolute Gasteiger partial charge is 0.347 e. The van der Waals surface area contributed by atoms with Gasteiger partial charge in [0.1, 0.15) is 15.7 Å². The summed E-state index contributed by atoms with van der Waals surface area (Å²) in [6.45, 7) is 3.95. The summed E-state index contributed by atoms with van der Waals surface area (Å²) >= 11 is 1.21. The van der Waals surface area contributed by atoms with E-state index in [2.05, 4.69) is 9.88 Å². The molecule has 1 fully saturated rings. The van der Waals surface area contributed by atoms with E-state index in [1.54, 1.807) is 6.92 Å². The second-order valence-corrected chi connectivity index (χ2v) is 7.63. The zero-order chi connectivity index (χ0) is 19.9. The lowest BCUT2D eigenvalue weighted by Gasteiger charge is -2.28. The predicted octanol–water partition coefficient (Wildman–Crippen LogP) is 5.63. The van der Waals surface area contributed by atoms with Crippen LogP contribution in [0.3, 0.4) is 0 Å². The lowest BCUT2D eigenvalue weighted by atomic mass is 10.1. The van der Waals surface area contributed by atoms with E-state index in [1.165, 1.54) is 42.7 Å². The third kappa shape index (κ3) is 5.16. The topological polar surface area (TPSA) is 53.4 Å². The van der Waals surface area contributed by atoms with Crippen LogP contribution in [0, 0.1) is 12.7 Å². The number of carboxylic acid groups (broad SMARTS) is 1. The lowest BCUT2D eigenvalue weighted by molar-refractivity contribution is 0.0701. The highest BCUT2D eigenvalue weighted by Crippen LogP contribution is 2.27. The zero-order valence-electron chi connectivity index (χ0n) is 15.8. The second kappa shape index (κ2) is 9.46. The summed E-state index contributed by atoms with van der Waals surface area (Å²) in [5.41, 5.74) is 2.69. The molecule has 0 saturated carbocycles. The van der Waals surface area contributed by atoms with Crippen molar-refractivity contribution in [1.29, 1.82) is 0 Å². The molecule has 1 aromatic heterocycles. The number of aryl methyl sites for hydroxylation is 1. The van der Waals surface area contributed by atoms with Crippen molar-refractivity contribution >= 4 is 23.0 Å². The molecule has 1 N–H and O–H groups in total. The molecule has 28 heavy (non-hydrogen) atoms. The molecule has 3 aromatic rings. The number of aromatic nitrogens is 1. The summed E-state index contributed by atoms with van der Waals surface area (Å²) < 4.78 is 12.6. The summed E-state index contributed by atoms with van der Waals surface area (Å²) in [4.78, 5) is 17.7. The number of rotatable bonds is 3. The van der Waals surface area contributed by atoms with E-state index in [9.17, 15) is 9.18 Å². The van der Waals surface area contributed by atoms with Gasteiger partial charge in [-0.05, 0) is 50.5 Å². The molecule has 6 heteroatoms. The first-order valence-corrected chi connectivity index (χ1v) is 10.1. The average molecular weight is 399 g/mol. The Balaban J connectivity index is 0.000000162. The number of carbonyl (C=O) groups is 1. The number of halogens is 1. The molecule has 4 nitrogen and oxygen atoms in total. The highest BCUT2D eigenvalue weighted by molar-refractivity contribution is 7.17. The standard InChI is InChI=1S/C11H14FN.C11H9NO2S/c12-10-4-6-11(7-5-10)13-8-2-1-3-9-13;1-7-9(11(13)14)15-10(12-7)8-5-3-2-4-6-8/h4-7H,1-3,8-9H2;2-6H,1H3,(H,13,14). The maximum atomic E-state index is 12.6. The van der Waals surface area contributed by atoms with Crippen molar-refractivity contribution in [2.75, 3.05) is 18.0 Å².